The number of rotatable bonds is 0. The van der Waals surface area contributed by atoms with Crippen LogP contribution in [0.5, 0.6) is 0 Å². The molecule has 0 radical (unpaired) electrons. The molecule has 0 bridgehead atoms. The molecular weight excluding hydrogens is 144 g/mol. The van der Waals surface area contributed by atoms with Crippen LogP contribution in [0.4, 0.5) is 0 Å². The molecule has 0 spiro atoms. The molecule has 7 heavy (non-hydrogen) atoms. The zero-order valence-corrected chi connectivity index (χ0v) is 4.97. The molecule has 0 aliphatic rings. The molecule has 0 atom stereocenters. The summed E-state index contributed by atoms with van der Waals surface area (Å²) in [5, 5.41) is 0. The van der Waals surface area contributed by atoms with E-state index in [2.05, 4.69) is 0 Å². The summed E-state index contributed by atoms with van der Waals surface area (Å²) in [6, 6.07) is 0. The molecule has 0 fully saturated rings. The summed E-state index contributed by atoms with van der Waals surface area (Å²) >= 11 is 0. The first kappa shape index (κ1) is 950. The molecule has 0 heterocycles. The van der Waals surface area contributed by atoms with Crippen molar-refractivity contribution in [2.45, 2.75) is 0 Å². The molecular formula is H8BeCl2O4. The van der Waals surface area contributed by atoms with Crippen LogP contribution in [0.3, 0.4) is 0 Å². The predicted octanol–water partition coefficient (Wildman–Crippen LogP) is -9.67. The van der Waals surface area contributed by atoms with E-state index in [4.69, 9.17) is 0 Å². The van der Waals surface area contributed by atoms with E-state index in [1.54, 1.807) is 0 Å². The molecule has 0 aliphatic carbocycles. The van der Waals surface area contributed by atoms with Crippen molar-refractivity contribution in [3.63, 3.8) is 0 Å². The first-order valence-corrected chi connectivity index (χ1v) is 0. The van der Waals surface area contributed by atoms with Gasteiger partial charge < -0.3 is 46.7 Å². The number of hydrogen-bond donors (Lipinski definition) is 0. The zero-order valence-electron chi connectivity index (χ0n) is 3.46. The van der Waals surface area contributed by atoms with E-state index in [1.165, 1.54) is 0 Å². The van der Waals surface area contributed by atoms with Crippen molar-refractivity contribution in [1.29, 1.82) is 0 Å². The van der Waals surface area contributed by atoms with E-state index >= 15 is 0 Å². The molecule has 0 aromatic carbocycles. The third kappa shape index (κ3) is 400. The van der Waals surface area contributed by atoms with Crippen LogP contribution < -0.4 is 24.8 Å². The molecule has 0 aromatic heterocycles. The third-order valence-electron chi connectivity index (χ3n) is 0. The van der Waals surface area contributed by atoms with Crippen molar-refractivity contribution in [3.8, 4) is 0 Å². The van der Waals surface area contributed by atoms with Gasteiger partial charge in [-0.15, -0.1) is 0 Å². The molecule has 0 saturated carbocycles. The van der Waals surface area contributed by atoms with Gasteiger partial charge in [-0.1, -0.05) is 0 Å². The van der Waals surface area contributed by atoms with Gasteiger partial charge in [0.05, 0.1) is 0 Å². The first-order valence-electron chi connectivity index (χ1n) is 0. The maximum atomic E-state index is 0. The molecule has 48 valence electrons. The maximum Gasteiger partial charge on any atom is 2.00 e. The van der Waals surface area contributed by atoms with Crippen LogP contribution in [0.1, 0.15) is 0 Å². The zero-order chi connectivity index (χ0) is 0. The Morgan fingerprint density at radius 3 is 0.429 bits per heavy atom. The van der Waals surface area contributed by atoms with Gasteiger partial charge in [0, 0.05) is 0 Å². The SMILES string of the molecule is O.O.O.O.[Be+2].[Cl-].[Cl-]. The summed E-state index contributed by atoms with van der Waals surface area (Å²) in [5.74, 6) is 0. The third-order valence-corrected chi connectivity index (χ3v) is 0. The smallest absolute Gasteiger partial charge is 1.00 e. The molecule has 0 aromatic rings. The first-order chi connectivity index (χ1) is 0. The van der Waals surface area contributed by atoms with Gasteiger partial charge in [-0.3, -0.25) is 0 Å². The van der Waals surface area contributed by atoms with Crippen LogP contribution in [0.25, 0.3) is 0 Å². The summed E-state index contributed by atoms with van der Waals surface area (Å²) in [4.78, 5) is 0. The van der Waals surface area contributed by atoms with Crippen molar-refractivity contribution in [2.75, 3.05) is 0 Å². The second-order valence-electron chi connectivity index (χ2n) is 0. The number of hydrogen-bond acceptors (Lipinski definition) is 0. The van der Waals surface area contributed by atoms with Gasteiger partial charge in [-0.05, 0) is 0 Å². The van der Waals surface area contributed by atoms with Crippen LogP contribution in [-0.4, -0.2) is 32.0 Å². The molecule has 0 unspecified atom stereocenters. The van der Waals surface area contributed by atoms with Crippen molar-refractivity contribution >= 4 is 10.1 Å². The monoisotopic (exact) mass is 151 g/mol. The summed E-state index contributed by atoms with van der Waals surface area (Å²) < 4.78 is 0. The summed E-state index contributed by atoms with van der Waals surface area (Å²) in [6.45, 7) is 0. The quantitative estimate of drug-likeness (QED) is 0.305. The Balaban J connectivity index is 0. The maximum absolute atomic E-state index is 0. The van der Waals surface area contributed by atoms with Gasteiger partial charge in [0.2, 0.25) is 0 Å². The van der Waals surface area contributed by atoms with E-state index in [0.717, 1.165) is 0 Å². The van der Waals surface area contributed by atoms with Crippen LogP contribution in [0.2, 0.25) is 0 Å². The number of halogens is 2. The topological polar surface area (TPSA) is 126 Å². The average Bonchev–Trinajstić information content (AvgIpc) is 0. The van der Waals surface area contributed by atoms with Gasteiger partial charge in [-0.25, -0.2) is 0 Å². The van der Waals surface area contributed by atoms with Crippen LogP contribution in [0.15, 0.2) is 0 Å². The van der Waals surface area contributed by atoms with Crippen LogP contribution >= 0.6 is 0 Å². The van der Waals surface area contributed by atoms with Crippen molar-refractivity contribution in [1.82, 2.24) is 0 Å². The largest absolute Gasteiger partial charge is 2.00 e. The molecule has 0 rings (SSSR count). The summed E-state index contributed by atoms with van der Waals surface area (Å²) in [7, 11) is 0. The predicted molar refractivity (Wildman–Crippen MR) is 20.2 cm³/mol. The van der Waals surface area contributed by atoms with E-state index < -0.39 is 0 Å². The average molecular weight is 152 g/mol. The molecule has 0 amide bonds. The van der Waals surface area contributed by atoms with Crippen molar-refractivity contribution in [3.05, 3.63) is 0 Å². The Bertz CT molecular complexity index is 9.65. The Labute approximate surface area is 57.6 Å². The Morgan fingerprint density at radius 2 is 0.429 bits per heavy atom. The minimum Gasteiger partial charge on any atom is -1.00 e. The molecule has 4 nitrogen and oxygen atoms in total. The second kappa shape index (κ2) is 594. The van der Waals surface area contributed by atoms with Crippen molar-refractivity contribution < 1.29 is 46.7 Å². The van der Waals surface area contributed by atoms with E-state index in [0.29, 0.717) is 0 Å². The van der Waals surface area contributed by atoms with Crippen molar-refractivity contribution in [2.24, 2.45) is 0 Å². The van der Waals surface area contributed by atoms with Gasteiger partial charge in [0.25, 0.3) is 0 Å². The molecule has 0 saturated heterocycles. The van der Waals surface area contributed by atoms with Gasteiger partial charge in [0.1, 0.15) is 0 Å². The van der Waals surface area contributed by atoms with Crippen LogP contribution in [0, 0.1) is 0 Å². The fourth-order valence-electron chi connectivity index (χ4n) is 0. The normalized spacial score (nSPS) is 0. The molecule has 8 N–H and O–H groups in total. The van der Waals surface area contributed by atoms with E-state index in [9.17, 15) is 0 Å². The summed E-state index contributed by atoms with van der Waals surface area (Å²) in [5.41, 5.74) is 0. The molecule has 0 aliphatic heterocycles. The van der Waals surface area contributed by atoms with Gasteiger partial charge in [0.15, 0.2) is 0 Å². The standard InChI is InChI=1S/Be.2ClH.4H2O/h;2*1H;4*1H2/q+2;;;;;;/p-2. The molecule has 7 heteroatoms. The van der Waals surface area contributed by atoms with Crippen LogP contribution in [-0.2, 0) is 0 Å². The van der Waals surface area contributed by atoms with E-state index in [1.807, 2.05) is 0 Å². The fraction of sp³-hybridized carbons (Fsp3) is 0. The fourth-order valence-corrected chi connectivity index (χ4v) is 0. The van der Waals surface area contributed by atoms with Gasteiger partial charge in [-0.2, -0.15) is 0 Å². The Kier molecular flexibility index (Phi) is 80600. The Morgan fingerprint density at radius 1 is 0.429 bits per heavy atom. The summed E-state index contributed by atoms with van der Waals surface area (Å²) in [6.07, 6.45) is 0. The second-order valence-corrected chi connectivity index (χ2v) is 0. The Hall–Kier alpha value is 0.589. The minimum absolute atomic E-state index is 0. The van der Waals surface area contributed by atoms with Gasteiger partial charge >= 0.3 is 10.1 Å². The minimum atomic E-state index is 0. The van der Waals surface area contributed by atoms with E-state index in [-0.39, 0.29) is 56.8 Å².